The van der Waals surface area contributed by atoms with Gasteiger partial charge in [-0.05, 0) is 53.7 Å². The zero-order valence-electron chi connectivity index (χ0n) is 15.3. The normalized spacial score (nSPS) is 30.6. The molecule has 4 unspecified atom stereocenters. The number of hydrogen-bond donors (Lipinski definition) is 0. The third-order valence-corrected chi connectivity index (χ3v) is 6.77. The lowest BCUT2D eigenvalue weighted by Crippen LogP contribution is -2.41. The van der Waals surface area contributed by atoms with E-state index in [0.29, 0.717) is 23.9 Å². The second-order valence-electron chi connectivity index (χ2n) is 8.08. The van der Waals surface area contributed by atoms with Crippen LogP contribution in [0, 0.1) is 17.8 Å². The first-order valence-corrected chi connectivity index (χ1v) is 9.58. The van der Waals surface area contributed by atoms with E-state index in [1.807, 2.05) is 0 Å². The summed E-state index contributed by atoms with van der Waals surface area (Å²) in [5, 5.41) is 0. The zero-order valence-corrected chi connectivity index (χ0v) is 15.3. The van der Waals surface area contributed by atoms with Crippen molar-refractivity contribution in [2.75, 3.05) is 0 Å². The summed E-state index contributed by atoms with van der Waals surface area (Å²) >= 11 is 0. The molecule has 2 aromatic rings. The largest absolute Gasteiger partial charge is 0.498 e. The average Bonchev–Trinajstić information content (AvgIpc) is 3.21. The van der Waals surface area contributed by atoms with Gasteiger partial charge in [-0.2, -0.15) is 0 Å². The van der Waals surface area contributed by atoms with E-state index in [4.69, 9.17) is 4.74 Å². The van der Waals surface area contributed by atoms with E-state index in [1.165, 1.54) is 24.0 Å². The Morgan fingerprint density at radius 1 is 1.04 bits per heavy atom. The summed E-state index contributed by atoms with van der Waals surface area (Å²) in [4.78, 5) is 0. The molecule has 0 N–H and O–H groups in total. The minimum Gasteiger partial charge on any atom is -0.498 e. The Bertz CT molecular complexity index is 748. The van der Waals surface area contributed by atoms with E-state index < -0.39 is 0 Å². The Hall–Kier alpha value is -2.02. The first-order chi connectivity index (χ1) is 12.2. The molecular formula is C24H28O. The third-order valence-electron chi connectivity index (χ3n) is 6.77. The van der Waals surface area contributed by atoms with Crippen molar-refractivity contribution in [1.29, 1.82) is 0 Å². The quantitative estimate of drug-likeness (QED) is 0.592. The minimum absolute atomic E-state index is 0.262. The van der Waals surface area contributed by atoms with Crippen molar-refractivity contribution in [3.05, 3.63) is 73.0 Å². The van der Waals surface area contributed by atoms with Gasteiger partial charge < -0.3 is 4.74 Å². The zero-order chi connectivity index (χ0) is 17.4. The van der Waals surface area contributed by atoms with Gasteiger partial charge in [0, 0.05) is 5.41 Å². The van der Waals surface area contributed by atoms with E-state index in [-0.39, 0.29) is 5.41 Å². The first-order valence-electron chi connectivity index (χ1n) is 9.58. The maximum Gasteiger partial charge on any atom is 0.101 e. The van der Waals surface area contributed by atoms with Crippen LogP contribution in [0.25, 0.3) is 11.1 Å². The molecule has 0 amide bonds. The molecule has 4 rings (SSSR count). The van der Waals surface area contributed by atoms with Gasteiger partial charge in [-0.3, -0.25) is 0 Å². The monoisotopic (exact) mass is 332 g/mol. The Labute approximate surface area is 151 Å². The van der Waals surface area contributed by atoms with Gasteiger partial charge in [0.15, 0.2) is 0 Å². The Kier molecular flexibility index (Phi) is 4.19. The van der Waals surface area contributed by atoms with Crippen molar-refractivity contribution in [3.8, 4) is 11.1 Å². The number of benzene rings is 2. The predicted molar refractivity (Wildman–Crippen MR) is 104 cm³/mol. The van der Waals surface area contributed by atoms with Gasteiger partial charge in [-0.25, -0.2) is 0 Å². The SMILES string of the molecule is C=COC1CC2CC1CC2(c1ccccc1-c1ccccc1)C(C)C. The maximum atomic E-state index is 5.82. The van der Waals surface area contributed by atoms with Crippen LogP contribution in [-0.2, 0) is 10.2 Å². The standard InChI is InChI=1S/C24H28O/c1-4-25-23-15-20-14-19(23)16-24(20,17(2)3)22-13-9-8-12-21(22)18-10-6-5-7-11-18/h4-13,17,19-20,23H,1,14-16H2,2-3H3. The van der Waals surface area contributed by atoms with E-state index >= 15 is 0 Å². The molecule has 0 spiro atoms. The van der Waals surface area contributed by atoms with Gasteiger partial charge in [0.25, 0.3) is 0 Å². The molecule has 2 aliphatic rings. The molecule has 0 radical (unpaired) electrons. The van der Waals surface area contributed by atoms with Crippen LogP contribution < -0.4 is 0 Å². The molecular weight excluding hydrogens is 304 g/mol. The molecule has 130 valence electrons. The minimum atomic E-state index is 0.262. The molecule has 0 aromatic heterocycles. The van der Waals surface area contributed by atoms with Crippen LogP contribution in [0.5, 0.6) is 0 Å². The molecule has 25 heavy (non-hydrogen) atoms. The predicted octanol–water partition coefficient (Wildman–Crippen LogP) is 6.21. The van der Waals surface area contributed by atoms with E-state index in [9.17, 15) is 0 Å². The lowest BCUT2D eigenvalue weighted by molar-refractivity contribution is 0.0533. The first kappa shape index (κ1) is 16.4. The summed E-state index contributed by atoms with van der Waals surface area (Å²) in [6.07, 6.45) is 5.70. The molecule has 2 saturated carbocycles. The van der Waals surface area contributed by atoms with E-state index in [1.54, 1.807) is 11.8 Å². The highest BCUT2D eigenvalue weighted by Gasteiger charge is 2.58. The topological polar surface area (TPSA) is 9.23 Å². The van der Waals surface area contributed by atoms with Crippen LogP contribution >= 0.6 is 0 Å². The highest BCUT2D eigenvalue weighted by atomic mass is 16.5. The van der Waals surface area contributed by atoms with Crippen molar-refractivity contribution in [1.82, 2.24) is 0 Å². The summed E-state index contributed by atoms with van der Waals surface area (Å²) < 4.78 is 5.82. The molecule has 0 saturated heterocycles. The average molecular weight is 332 g/mol. The molecule has 2 bridgehead atoms. The molecule has 0 heterocycles. The smallest absolute Gasteiger partial charge is 0.101 e. The fourth-order valence-electron chi connectivity index (χ4n) is 5.72. The van der Waals surface area contributed by atoms with Crippen molar-refractivity contribution in [3.63, 3.8) is 0 Å². The van der Waals surface area contributed by atoms with Gasteiger partial charge in [0.1, 0.15) is 6.10 Å². The maximum absolute atomic E-state index is 5.82. The van der Waals surface area contributed by atoms with Crippen LogP contribution in [0.15, 0.2) is 67.4 Å². The third kappa shape index (κ3) is 2.52. The van der Waals surface area contributed by atoms with Gasteiger partial charge in [0.2, 0.25) is 0 Å². The second-order valence-corrected chi connectivity index (χ2v) is 8.08. The van der Waals surface area contributed by atoms with Crippen molar-refractivity contribution in [2.45, 2.75) is 44.6 Å². The summed E-state index contributed by atoms with van der Waals surface area (Å²) in [5.41, 5.74) is 4.55. The molecule has 1 nitrogen and oxygen atoms in total. The number of hydrogen-bond acceptors (Lipinski definition) is 1. The van der Waals surface area contributed by atoms with Gasteiger partial charge in [-0.15, -0.1) is 0 Å². The summed E-state index contributed by atoms with van der Waals surface area (Å²) in [6.45, 7) is 8.59. The van der Waals surface area contributed by atoms with Crippen LogP contribution in [0.2, 0.25) is 0 Å². The summed E-state index contributed by atoms with van der Waals surface area (Å²) in [6, 6.07) is 19.9. The van der Waals surface area contributed by atoms with Gasteiger partial charge >= 0.3 is 0 Å². The van der Waals surface area contributed by atoms with E-state index in [2.05, 4.69) is 75.0 Å². The van der Waals surface area contributed by atoms with Crippen molar-refractivity contribution >= 4 is 0 Å². The lowest BCUT2D eigenvalue weighted by Gasteiger charge is -2.45. The van der Waals surface area contributed by atoms with Crippen LogP contribution in [0.4, 0.5) is 0 Å². The lowest BCUT2D eigenvalue weighted by atomic mass is 9.60. The van der Waals surface area contributed by atoms with Crippen LogP contribution in [0.1, 0.15) is 38.7 Å². The number of rotatable bonds is 5. The fourth-order valence-corrected chi connectivity index (χ4v) is 5.72. The fraction of sp³-hybridized carbons (Fsp3) is 0.417. The highest BCUT2D eigenvalue weighted by Crippen LogP contribution is 2.62. The highest BCUT2D eigenvalue weighted by molar-refractivity contribution is 5.69. The van der Waals surface area contributed by atoms with Crippen LogP contribution in [0.3, 0.4) is 0 Å². The Morgan fingerprint density at radius 2 is 1.76 bits per heavy atom. The van der Waals surface area contributed by atoms with Crippen molar-refractivity contribution < 1.29 is 4.74 Å². The number of fused-ring (bicyclic) bond motifs is 2. The van der Waals surface area contributed by atoms with E-state index in [0.717, 1.165) is 6.42 Å². The molecule has 2 aromatic carbocycles. The molecule has 4 atom stereocenters. The Morgan fingerprint density at radius 3 is 2.40 bits per heavy atom. The van der Waals surface area contributed by atoms with Crippen LogP contribution in [-0.4, -0.2) is 6.10 Å². The second kappa shape index (κ2) is 6.37. The van der Waals surface area contributed by atoms with Gasteiger partial charge in [0.05, 0.1) is 6.26 Å². The number of ether oxygens (including phenoxy) is 1. The molecule has 2 aliphatic carbocycles. The molecule has 2 fully saturated rings. The molecule has 1 heteroatoms. The van der Waals surface area contributed by atoms with Crippen molar-refractivity contribution in [2.24, 2.45) is 17.8 Å². The summed E-state index contributed by atoms with van der Waals surface area (Å²) in [7, 11) is 0. The van der Waals surface area contributed by atoms with Gasteiger partial charge in [-0.1, -0.05) is 75.0 Å². The molecule has 0 aliphatic heterocycles. The summed E-state index contributed by atoms with van der Waals surface area (Å²) in [5.74, 6) is 1.98. The Balaban J connectivity index is 1.79.